The summed E-state index contributed by atoms with van der Waals surface area (Å²) in [4.78, 5) is 22.9. The summed E-state index contributed by atoms with van der Waals surface area (Å²) in [5, 5.41) is 5.05. The maximum absolute atomic E-state index is 11.8. The van der Waals surface area contributed by atoms with Gasteiger partial charge in [0.05, 0.1) is 6.54 Å². The summed E-state index contributed by atoms with van der Waals surface area (Å²) in [5.41, 5.74) is 1.92. The van der Waals surface area contributed by atoms with Gasteiger partial charge in [0.15, 0.2) is 0 Å². The average Bonchev–Trinajstić information content (AvgIpc) is 2.98. The van der Waals surface area contributed by atoms with E-state index in [1.54, 1.807) is 7.05 Å². The molecule has 0 bridgehead atoms. The summed E-state index contributed by atoms with van der Waals surface area (Å²) in [6.45, 7) is 0.0136. The van der Waals surface area contributed by atoms with Crippen LogP contribution in [0.2, 0.25) is 0 Å². The first-order valence-corrected chi connectivity index (χ1v) is 6.79. The van der Waals surface area contributed by atoms with Crippen LogP contribution in [0.5, 0.6) is 0 Å². The van der Waals surface area contributed by atoms with Crippen molar-refractivity contribution in [1.29, 1.82) is 0 Å². The van der Waals surface area contributed by atoms with Crippen molar-refractivity contribution < 1.29 is 9.59 Å². The largest absolute Gasteiger partial charge is 0.358 e. The summed E-state index contributed by atoms with van der Waals surface area (Å²) < 4.78 is 0. The SMILES string of the molecule is CNC(=O)CNC(=O)c1ccc(C2CCCC2)cc1. The van der Waals surface area contributed by atoms with Crippen LogP contribution in [0, 0.1) is 0 Å². The van der Waals surface area contributed by atoms with E-state index in [4.69, 9.17) is 0 Å². The van der Waals surface area contributed by atoms with E-state index in [9.17, 15) is 9.59 Å². The first kappa shape index (κ1) is 13.6. The molecule has 2 amide bonds. The number of rotatable bonds is 4. The molecule has 102 valence electrons. The van der Waals surface area contributed by atoms with Gasteiger partial charge in [0.25, 0.3) is 5.91 Å². The monoisotopic (exact) mass is 260 g/mol. The molecule has 0 saturated heterocycles. The molecule has 2 rings (SSSR count). The van der Waals surface area contributed by atoms with Crippen LogP contribution in [0.3, 0.4) is 0 Å². The van der Waals surface area contributed by atoms with Gasteiger partial charge in [-0.25, -0.2) is 0 Å². The van der Waals surface area contributed by atoms with E-state index in [1.807, 2.05) is 24.3 Å². The highest BCUT2D eigenvalue weighted by molar-refractivity contribution is 5.96. The predicted molar refractivity (Wildman–Crippen MR) is 74.1 cm³/mol. The Morgan fingerprint density at radius 1 is 1.16 bits per heavy atom. The zero-order valence-electron chi connectivity index (χ0n) is 11.2. The molecule has 19 heavy (non-hydrogen) atoms. The van der Waals surface area contributed by atoms with Crippen molar-refractivity contribution in [3.63, 3.8) is 0 Å². The summed E-state index contributed by atoms with van der Waals surface area (Å²) in [7, 11) is 1.55. The number of hydrogen-bond donors (Lipinski definition) is 2. The van der Waals surface area contributed by atoms with Crippen LogP contribution in [0.15, 0.2) is 24.3 Å². The molecule has 4 heteroatoms. The second-order valence-corrected chi connectivity index (χ2v) is 4.96. The standard InChI is InChI=1S/C15H20N2O2/c1-16-14(18)10-17-15(19)13-8-6-12(7-9-13)11-4-2-3-5-11/h6-9,11H,2-5,10H2,1H3,(H,16,18)(H,17,19). The lowest BCUT2D eigenvalue weighted by atomic mass is 9.96. The van der Waals surface area contributed by atoms with Crippen LogP contribution in [0.25, 0.3) is 0 Å². The maximum Gasteiger partial charge on any atom is 0.251 e. The molecule has 2 N–H and O–H groups in total. The lowest BCUT2D eigenvalue weighted by Crippen LogP contribution is -2.35. The van der Waals surface area contributed by atoms with Crippen molar-refractivity contribution in [1.82, 2.24) is 10.6 Å². The first-order chi connectivity index (χ1) is 9.20. The number of benzene rings is 1. The van der Waals surface area contributed by atoms with Crippen LogP contribution < -0.4 is 10.6 Å². The van der Waals surface area contributed by atoms with Gasteiger partial charge in [-0.2, -0.15) is 0 Å². The Kier molecular flexibility index (Phi) is 4.55. The van der Waals surface area contributed by atoms with Gasteiger partial charge in [-0.15, -0.1) is 0 Å². The molecule has 0 atom stereocenters. The van der Waals surface area contributed by atoms with Crippen LogP contribution >= 0.6 is 0 Å². The van der Waals surface area contributed by atoms with Crippen molar-refractivity contribution >= 4 is 11.8 Å². The van der Waals surface area contributed by atoms with E-state index < -0.39 is 0 Å². The van der Waals surface area contributed by atoms with Crippen LogP contribution in [-0.2, 0) is 4.79 Å². The number of likely N-dealkylation sites (N-methyl/N-ethyl adjacent to an activating group) is 1. The average molecular weight is 260 g/mol. The minimum absolute atomic E-state index is 0.0136. The Morgan fingerprint density at radius 2 is 1.79 bits per heavy atom. The van der Waals surface area contributed by atoms with Crippen molar-refractivity contribution in [2.45, 2.75) is 31.6 Å². The van der Waals surface area contributed by atoms with E-state index in [2.05, 4.69) is 10.6 Å². The summed E-state index contributed by atoms with van der Waals surface area (Å²) in [6, 6.07) is 7.75. The molecule has 0 spiro atoms. The molecule has 0 aliphatic heterocycles. The molecule has 0 heterocycles. The second-order valence-electron chi connectivity index (χ2n) is 4.96. The minimum Gasteiger partial charge on any atom is -0.358 e. The lowest BCUT2D eigenvalue weighted by Gasteiger charge is -2.10. The molecule has 0 radical (unpaired) electrons. The smallest absolute Gasteiger partial charge is 0.251 e. The molecule has 0 unspecified atom stereocenters. The fourth-order valence-electron chi connectivity index (χ4n) is 2.52. The van der Waals surface area contributed by atoms with Gasteiger partial charge in [-0.05, 0) is 36.5 Å². The lowest BCUT2D eigenvalue weighted by molar-refractivity contribution is -0.119. The van der Waals surface area contributed by atoms with E-state index in [-0.39, 0.29) is 18.4 Å². The molecule has 4 nitrogen and oxygen atoms in total. The van der Waals surface area contributed by atoms with Crippen molar-refractivity contribution in [3.05, 3.63) is 35.4 Å². The fraction of sp³-hybridized carbons (Fsp3) is 0.467. The number of amides is 2. The van der Waals surface area contributed by atoms with Crippen LogP contribution in [0.1, 0.15) is 47.5 Å². The van der Waals surface area contributed by atoms with Gasteiger partial charge in [0, 0.05) is 12.6 Å². The third-order valence-corrected chi connectivity index (χ3v) is 3.69. The quantitative estimate of drug-likeness (QED) is 0.867. The van der Waals surface area contributed by atoms with Crippen molar-refractivity contribution in [3.8, 4) is 0 Å². The number of carbonyl (C=O) groups excluding carboxylic acids is 2. The highest BCUT2D eigenvalue weighted by Gasteiger charge is 2.17. The fourth-order valence-corrected chi connectivity index (χ4v) is 2.52. The van der Waals surface area contributed by atoms with Gasteiger partial charge in [-0.3, -0.25) is 9.59 Å². The summed E-state index contributed by atoms with van der Waals surface area (Å²) in [5.74, 6) is 0.250. The predicted octanol–water partition coefficient (Wildman–Crippen LogP) is 1.82. The molecule has 1 aromatic rings. The highest BCUT2D eigenvalue weighted by atomic mass is 16.2. The van der Waals surface area contributed by atoms with Gasteiger partial charge in [0.1, 0.15) is 0 Å². The Morgan fingerprint density at radius 3 is 2.37 bits per heavy atom. The molecule has 1 fully saturated rings. The Balaban J connectivity index is 1.93. The Labute approximate surface area is 113 Å². The van der Waals surface area contributed by atoms with Gasteiger partial charge < -0.3 is 10.6 Å². The first-order valence-electron chi connectivity index (χ1n) is 6.79. The zero-order chi connectivity index (χ0) is 13.7. The van der Waals surface area contributed by atoms with Crippen LogP contribution in [0.4, 0.5) is 0 Å². The molecule has 1 aliphatic rings. The third kappa shape index (κ3) is 3.56. The normalized spacial score (nSPS) is 15.2. The summed E-state index contributed by atoms with van der Waals surface area (Å²) >= 11 is 0. The van der Waals surface area contributed by atoms with Crippen molar-refractivity contribution in [2.24, 2.45) is 0 Å². The van der Waals surface area contributed by atoms with Gasteiger partial charge in [-0.1, -0.05) is 25.0 Å². The highest BCUT2D eigenvalue weighted by Crippen LogP contribution is 2.33. The summed E-state index contributed by atoms with van der Waals surface area (Å²) in [6.07, 6.45) is 5.11. The van der Waals surface area contributed by atoms with E-state index in [1.165, 1.54) is 31.2 Å². The molecule has 1 aromatic carbocycles. The number of nitrogens with one attached hydrogen (secondary N) is 2. The topological polar surface area (TPSA) is 58.2 Å². The van der Waals surface area contributed by atoms with Gasteiger partial charge >= 0.3 is 0 Å². The third-order valence-electron chi connectivity index (χ3n) is 3.69. The maximum atomic E-state index is 11.8. The van der Waals surface area contributed by atoms with E-state index in [0.29, 0.717) is 11.5 Å². The molecular weight excluding hydrogens is 240 g/mol. The van der Waals surface area contributed by atoms with E-state index in [0.717, 1.165) is 0 Å². The number of carbonyl (C=O) groups is 2. The molecule has 0 aromatic heterocycles. The van der Waals surface area contributed by atoms with Gasteiger partial charge in [0.2, 0.25) is 5.91 Å². The van der Waals surface area contributed by atoms with Crippen molar-refractivity contribution in [2.75, 3.05) is 13.6 Å². The number of hydrogen-bond acceptors (Lipinski definition) is 2. The minimum atomic E-state index is -0.207. The van der Waals surface area contributed by atoms with E-state index >= 15 is 0 Å². The zero-order valence-corrected chi connectivity index (χ0v) is 11.2. The van der Waals surface area contributed by atoms with Crippen LogP contribution in [-0.4, -0.2) is 25.4 Å². The molecular formula is C15H20N2O2. The molecule has 1 saturated carbocycles. The second kappa shape index (κ2) is 6.36. The Bertz CT molecular complexity index is 448. The molecule has 1 aliphatic carbocycles. The Hall–Kier alpha value is -1.84.